The third-order valence-corrected chi connectivity index (χ3v) is 4.21. The number of hydrogen-bond acceptors (Lipinski definition) is 3. The van der Waals surface area contributed by atoms with E-state index in [0.717, 1.165) is 29.7 Å². The lowest BCUT2D eigenvalue weighted by molar-refractivity contribution is 0.261. The summed E-state index contributed by atoms with van der Waals surface area (Å²) in [6.45, 7) is 5.54. The van der Waals surface area contributed by atoms with Gasteiger partial charge in [0, 0.05) is 6.54 Å². The summed E-state index contributed by atoms with van der Waals surface area (Å²) in [4.78, 5) is 4.47. The molecule has 0 radical (unpaired) electrons. The highest BCUT2D eigenvalue weighted by molar-refractivity contribution is 5.75. The molecule has 0 saturated carbocycles. The van der Waals surface area contributed by atoms with Crippen LogP contribution in [0.25, 0.3) is 11.0 Å². The molecule has 0 atom stereocenters. The Bertz CT molecular complexity index is 808. The Balaban J connectivity index is 1.66. The predicted octanol–water partition coefficient (Wildman–Crippen LogP) is 3.61. The van der Waals surface area contributed by atoms with Crippen LogP contribution < -0.4 is 4.74 Å². The third kappa shape index (κ3) is 3.22. The molecule has 23 heavy (non-hydrogen) atoms. The summed E-state index contributed by atoms with van der Waals surface area (Å²) in [6, 6.07) is 14.1. The largest absolute Gasteiger partial charge is 0.493 e. The van der Waals surface area contributed by atoms with Crippen LogP contribution in [0.5, 0.6) is 5.75 Å². The number of rotatable bonds is 6. The van der Waals surface area contributed by atoms with Crippen LogP contribution in [0.3, 0.4) is 0 Å². The zero-order valence-electron chi connectivity index (χ0n) is 13.6. The number of aliphatic hydroxyl groups is 1. The van der Waals surface area contributed by atoms with E-state index in [1.165, 1.54) is 11.1 Å². The molecule has 0 aliphatic carbocycles. The van der Waals surface area contributed by atoms with Gasteiger partial charge in [-0.05, 0) is 49.6 Å². The molecule has 0 spiro atoms. The number of fused-ring (bicyclic) bond motifs is 1. The molecule has 3 rings (SSSR count). The number of para-hydroxylation sites is 2. The van der Waals surface area contributed by atoms with E-state index in [1.54, 1.807) is 0 Å². The van der Waals surface area contributed by atoms with Crippen molar-refractivity contribution in [1.82, 2.24) is 9.55 Å². The van der Waals surface area contributed by atoms with E-state index < -0.39 is 0 Å². The number of benzene rings is 2. The molecule has 0 saturated heterocycles. The molecule has 120 valence electrons. The maximum atomic E-state index is 9.51. The molecule has 1 heterocycles. The van der Waals surface area contributed by atoms with Gasteiger partial charge >= 0.3 is 0 Å². The quantitative estimate of drug-likeness (QED) is 0.707. The van der Waals surface area contributed by atoms with E-state index in [2.05, 4.69) is 29.5 Å². The first kappa shape index (κ1) is 15.6. The van der Waals surface area contributed by atoms with Gasteiger partial charge in [-0.2, -0.15) is 0 Å². The lowest BCUT2D eigenvalue weighted by atomic mass is 10.1. The van der Waals surface area contributed by atoms with Crippen LogP contribution in [0, 0.1) is 13.8 Å². The molecule has 1 N–H and O–H groups in total. The van der Waals surface area contributed by atoms with Gasteiger partial charge in [0.1, 0.15) is 18.2 Å². The Morgan fingerprint density at radius 1 is 1.09 bits per heavy atom. The molecule has 0 fully saturated rings. The Morgan fingerprint density at radius 3 is 2.74 bits per heavy atom. The van der Waals surface area contributed by atoms with Crippen molar-refractivity contribution < 1.29 is 9.84 Å². The van der Waals surface area contributed by atoms with Crippen LogP contribution in [-0.4, -0.2) is 21.3 Å². The number of imidazole rings is 1. The van der Waals surface area contributed by atoms with E-state index in [4.69, 9.17) is 4.74 Å². The van der Waals surface area contributed by atoms with Crippen molar-refractivity contribution in [2.45, 2.75) is 33.4 Å². The highest BCUT2D eigenvalue weighted by Crippen LogP contribution is 2.21. The first-order valence-corrected chi connectivity index (χ1v) is 7.94. The molecule has 4 heteroatoms. The number of aliphatic hydroxyl groups excluding tert-OH is 1. The van der Waals surface area contributed by atoms with E-state index in [0.29, 0.717) is 12.4 Å². The fourth-order valence-electron chi connectivity index (χ4n) is 2.78. The zero-order chi connectivity index (χ0) is 16.2. The van der Waals surface area contributed by atoms with Gasteiger partial charge < -0.3 is 14.4 Å². The molecule has 3 aromatic rings. The lowest BCUT2D eigenvalue weighted by Crippen LogP contribution is -2.08. The monoisotopic (exact) mass is 310 g/mol. The number of aromatic nitrogens is 2. The van der Waals surface area contributed by atoms with Crippen LogP contribution in [0.2, 0.25) is 0 Å². The Labute approximate surface area is 136 Å². The summed E-state index contributed by atoms with van der Waals surface area (Å²) >= 11 is 0. The van der Waals surface area contributed by atoms with E-state index in [-0.39, 0.29) is 6.61 Å². The minimum atomic E-state index is -0.0491. The van der Waals surface area contributed by atoms with Gasteiger partial charge in [0.25, 0.3) is 0 Å². The predicted molar refractivity (Wildman–Crippen MR) is 91.7 cm³/mol. The smallest absolute Gasteiger partial charge is 0.135 e. The molecule has 4 nitrogen and oxygen atoms in total. The molecular weight excluding hydrogens is 288 g/mol. The number of aryl methyl sites for hydroxylation is 2. The van der Waals surface area contributed by atoms with Gasteiger partial charge in [0.15, 0.2) is 0 Å². The van der Waals surface area contributed by atoms with Crippen molar-refractivity contribution in [1.29, 1.82) is 0 Å². The maximum Gasteiger partial charge on any atom is 0.135 e. The fourth-order valence-corrected chi connectivity index (χ4v) is 2.78. The van der Waals surface area contributed by atoms with Crippen LogP contribution in [0.15, 0.2) is 42.5 Å². The summed E-state index contributed by atoms with van der Waals surface area (Å²) in [6.07, 6.45) is 0.862. The average Bonchev–Trinajstić information content (AvgIpc) is 2.93. The Hall–Kier alpha value is -2.33. The van der Waals surface area contributed by atoms with Gasteiger partial charge in [-0.25, -0.2) is 4.98 Å². The van der Waals surface area contributed by atoms with Gasteiger partial charge in [-0.1, -0.05) is 24.3 Å². The van der Waals surface area contributed by atoms with Gasteiger partial charge in [-0.15, -0.1) is 0 Å². The number of hydrogen-bond donors (Lipinski definition) is 1. The summed E-state index contributed by atoms with van der Waals surface area (Å²) < 4.78 is 7.98. The van der Waals surface area contributed by atoms with Crippen LogP contribution >= 0.6 is 0 Å². The van der Waals surface area contributed by atoms with Gasteiger partial charge in [0.2, 0.25) is 0 Å². The second kappa shape index (κ2) is 6.84. The van der Waals surface area contributed by atoms with Crippen molar-refractivity contribution in [3.8, 4) is 5.75 Å². The van der Waals surface area contributed by atoms with E-state index in [1.807, 2.05) is 36.4 Å². The third-order valence-electron chi connectivity index (χ3n) is 4.21. The minimum Gasteiger partial charge on any atom is -0.493 e. The molecule has 0 unspecified atom stereocenters. The Morgan fingerprint density at radius 2 is 1.91 bits per heavy atom. The first-order chi connectivity index (χ1) is 11.2. The van der Waals surface area contributed by atoms with Crippen molar-refractivity contribution in [3.05, 3.63) is 59.4 Å². The molecule has 1 aromatic heterocycles. The Kier molecular flexibility index (Phi) is 4.63. The van der Waals surface area contributed by atoms with E-state index in [9.17, 15) is 5.11 Å². The number of ether oxygens (including phenoxy) is 1. The van der Waals surface area contributed by atoms with Gasteiger partial charge in [-0.3, -0.25) is 0 Å². The molecule has 0 aliphatic heterocycles. The standard InChI is InChI=1S/C19H22N2O2/c1-14-7-5-10-18(15(14)2)23-12-6-11-21-17-9-4-3-8-16(17)20-19(21)13-22/h3-5,7-10,22H,6,11-13H2,1-2H3. The molecule has 0 amide bonds. The highest BCUT2D eigenvalue weighted by Gasteiger charge is 2.09. The zero-order valence-corrected chi connectivity index (χ0v) is 13.6. The van der Waals surface area contributed by atoms with Gasteiger partial charge in [0.05, 0.1) is 17.6 Å². The van der Waals surface area contributed by atoms with Crippen molar-refractivity contribution in [2.24, 2.45) is 0 Å². The topological polar surface area (TPSA) is 47.3 Å². The second-order valence-electron chi connectivity index (χ2n) is 5.73. The van der Waals surface area contributed by atoms with Crippen molar-refractivity contribution in [2.75, 3.05) is 6.61 Å². The van der Waals surface area contributed by atoms with Crippen LogP contribution in [0.1, 0.15) is 23.4 Å². The van der Waals surface area contributed by atoms with Crippen molar-refractivity contribution in [3.63, 3.8) is 0 Å². The highest BCUT2D eigenvalue weighted by atomic mass is 16.5. The average molecular weight is 310 g/mol. The molecule has 2 aromatic carbocycles. The normalized spacial score (nSPS) is 11.1. The lowest BCUT2D eigenvalue weighted by Gasteiger charge is -2.12. The summed E-state index contributed by atoms with van der Waals surface area (Å²) in [7, 11) is 0. The first-order valence-electron chi connectivity index (χ1n) is 7.94. The fraction of sp³-hybridized carbons (Fsp3) is 0.316. The summed E-state index contributed by atoms with van der Waals surface area (Å²) in [5, 5.41) is 9.51. The molecule has 0 aliphatic rings. The SMILES string of the molecule is Cc1cccc(OCCCn2c(CO)nc3ccccc32)c1C. The van der Waals surface area contributed by atoms with Crippen LogP contribution in [-0.2, 0) is 13.2 Å². The molecule has 0 bridgehead atoms. The number of nitrogens with zero attached hydrogens (tertiary/aromatic N) is 2. The molecular formula is C19H22N2O2. The summed E-state index contributed by atoms with van der Waals surface area (Å²) in [5.74, 6) is 1.65. The minimum absolute atomic E-state index is 0.0491. The van der Waals surface area contributed by atoms with Crippen molar-refractivity contribution >= 4 is 11.0 Å². The van der Waals surface area contributed by atoms with E-state index >= 15 is 0 Å². The summed E-state index contributed by atoms with van der Waals surface area (Å²) in [5.41, 5.74) is 4.41. The van der Waals surface area contributed by atoms with Crippen LogP contribution in [0.4, 0.5) is 0 Å². The second-order valence-corrected chi connectivity index (χ2v) is 5.73. The maximum absolute atomic E-state index is 9.51.